The fourth-order valence-electron chi connectivity index (χ4n) is 2.50. The summed E-state index contributed by atoms with van der Waals surface area (Å²) in [6, 6.07) is 2.71. The van der Waals surface area contributed by atoms with Crippen LogP contribution in [0.4, 0.5) is 8.78 Å². The van der Waals surface area contributed by atoms with Crippen LogP contribution in [0.25, 0.3) is 0 Å². The van der Waals surface area contributed by atoms with Gasteiger partial charge in [0.15, 0.2) is 0 Å². The smallest absolute Gasteiger partial charge is 0.259 e. The normalized spacial score (nSPS) is 23.5. The van der Waals surface area contributed by atoms with Crippen LogP contribution in [0.15, 0.2) is 12.1 Å². The molecule has 1 aliphatic rings. The zero-order valence-electron chi connectivity index (χ0n) is 11.3. The van der Waals surface area contributed by atoms with Gasteiger partial charge in [-0.3, -0.25) is 4.79 Å². The molecule has 1 fully saturated rings. The zero-order valence-corrected chi connectivity index (χ0v) is 11.3. The maximum atomic E-state index is 14.0. The predicted molar refractivity (Wildman–Crippen MR) is 69.1 cm³/mol. The van der Waals surface area contributed by atoms with Gasteiger partial charge in [-0.15, -0.1) is 0 Å². The van der Waals surface area contributed by atoms with Gasteiger partial charge in [0.05, 0.1) is 0 Å². The molecule has 1 amide bonds. The number of aryl methyl sites for hydroxylation is 1. The molecule has 2 atom stereocenters. The fourth-order valence-corrected chi connectivity index (χ4v) is 2.50. The highest BCUT2D eigenvalue weighted by molar-refractivity contribution is 5.95. The number of nitrogens with one attached hydrogen (secondary N) is 1. The van der Waals surface area contributed by atoms with Crippen molar-refractivity contribution in [2.24, 2.45) is 0 Å². The zero-order chi connectivity index (χ0) is 14.2. The Morgan fingerprint density at radius 3 is 2.42 bits per heavy atom. The number of benzene rings is 1. The molecule has 1 heterocycles. The van der Waals surface area contributed by atoms with Crippen molar-refractivity contribution in [2.45, 2.75) is 32.9 Å². The molecule has 3 nitrogen and oxygen atoms in total. The monoisotopic (exact) mass is 268 g/mol. The van der Waals surface area contributed by atoms with Gasteiger partial charge < -0.3 is 10.2 Å². The lowest BCUT2D eigenvalue weighted by Crippen LogP contribution is -2.56. The molecule has 104 valence electrons. The van der Waals surface area contributed by atoms with Crippen LogP contribution in [-0.2, 0) is 0 Å². The summed E-state index contributed by atoms with van der Waals surface area (Å²) < 4.78 is 27.7. The lowest BCUT2D eigenvalue weighted by molar-refractivity contribution is 0.0663. The lowest BCUT2D eigenvalue weighted by Gasteiger charge is -2.36. The first kappa shape index (κ1) is 13.9. The predicted octanol–water partition coefficient (Wildman–Crippen LogP) is 2.10. The largest absolute Gasteiger partial charge is 0.335 e. The minimum Gasteiger partial charge on any atom is -0.335 e. The summed E-state index contributed by atoms with van der Waals surface area (Å²) in [6.45, 7) is 6.32. The maximum absolute atomic E-state index is 14.0. The quantitative estimate of drug-likeness (QED) is 0.846. The van der Waals surface area contributed by atoms with Crippen LogP contribution in [-0.4, -0.2) is 36.0 Å². The molecule has 0 spiro atoms. The summed E-state index contributed by atoms with van der Waals surface area (Å²) in [5.41, 5.74) is -0.165. The first-order chi connectivity index (χ1) is 8.90. The molecule has 0 aromatic heterocycles. The molecular formula is C14H18F2N2O. The van der Waals surface area contributed by atoms with Crippen LogP contribution in [0, 0.1) is 18.6 Å². The second-order valence-electron chi connectivity index (χ2n) is 5.23. The van der Waals surface area contributed by atoms with Gasteiger partial charge in [-0.2, -0.15) is 0 Å². The van der Waals surface area contributed by atoms with E-state index in [0.29, 0.717) is 13.1 Å². The van der Waals surface area contributed by atoms with E-state index in [2.05, 4.69) is 5.32 Å². The van der Waals surface area contributed by atoms with E-state index in [1.54, 1.807) is 0 Å². The SMILES string of the molecule is Cc1ccc(F)c(C(=O)N2CC(C)NC(C)C2)c1F. The third kappa shape index (κ3) is 2.76. The number of carbonyl (C=O) groups is 1. The van der Waals surface area contributed by atoms with Crippen molar-refractivity contribution in [1.29, 1.82) is 0 Å². The first-order valence-corrected chi connectivity index (χ1v) is 6.40. The Morgan fingerprint density at radius 1 is 1.26 bits per heavy atom. The highest BCUT2D eigenvalue weighted by atomic mass is 19.1. The standard InChI is InChI=1S/C14H18F2N2O/c1-8-4-5-11(15)12(13(8)16)14(19)18-6-9(2)17-10(3)7-18/h4-5,9-10,17H,6-7H2,1-3H3. The molecular weight excluding hydrogens is 250 g/mol. The van der Waals surface area contributed by atoms with E-state index >= 15 is 0 Å². The van der Waals surface area contributed by atoms with Crippen LogP contribution in [0.5, 0.6) is 0 Å². The van der Waals surface area contributed by atoms with E-state index in [9.17, 15) is 13.6 Å². The Morgan fingerprint density at radius 2 is 1.84 bits per heavy atom. The van der Waals surface area contributed by atoms with E-state index in [1.165, 1.54) is 17.9 Å². The minimum atomic E-state index is -0.799. The number of rotatable bonds is 1. The van der Waals surface area contributed by atoms with Gasteiger partial charge >= 0.3 is 0 Å². The molecule has 2 rings (SSSR count). The van der Waals surface area contributed by atoms with E-state index in [4.69, 9.17) is 0 Å². The van der Waals surface area contributed by atoms with Crippen molar-refractivity contribution in [3.63, 3.8) is 0 Å². The van der Waals surface area contributed by atoms with Crippen molar-refractivity contribution in [1.82, 2.24) is 10.2 Å². The summed E-state index contributed by atoms with van der Waals surface area (Å²) in [6.07, 6.45) is 0. The van der Waals surface area contributed by atoms with Gasteiger partial charge in [0.1, 0.15) is 17.2 Å². The summed E-state index contributed by atoms with van der Waals surface area (Å²) in [5.74, 6) is -2.13. The number of piperazine rings is 1. The van der Waals surface area contributed by atoms with Crippen molar-refractivity contribution >= 4 is 5.91 Å². The number of halogens is 2. The Bertz CT molecular complexity index is 494. The van der Waals surface area contributed by atoms with Gasteiger partial charge in [0.2, 0.25) is 0 Å². The highest BCUT2D eigenvalue weighted by Crippen LogP contribution is 2.19. The van der Waals surface area contributed by atoms with Crippen LogP contribution >= 0.6 is 0 Å². The molecule has 0 aliphatic carbocycles. The van der Waals surface area contributed by atoms with Crippen LogP contribution in [0.3, 0.4) is 0 Å². The van der Waals surface area contributed by atoms with Crippen molar-refractivity contribution in [3.8, 4) is 0 Å². The molecule has 0 radical (unpaired) electrons. The van der Waals surface area contributed by atoms with Gasteiger partial charge in [-0.1, -0.05) is 6.07 Å². The third-order valence-corrected chi connectivity index (χ3v) is 3.34. The molecule has 0 bridgehead atoms. The molecule has 1 aromatic rings. The summed E-state index contributed by atoms with van der Waals surface area (Å²) >= 11 is 0. The van der Waals surface area contributed by atoms with E-state index in [1.807, 2.05) is 13.8 Å². The number of carbonyl (C=O) groups excluding carboxylic acids is 1. The molecule has 5 heteroatoms. The fraction of sp³-hybridized carbons (Fsp3) is 0.500. The summed E-state index contributed by atoms with van der Waals surface area (Å²) in [5, 5.41) is 3.27. The van der Waals surface area contributed by atoms with Gasteiger partial charge in [-0.25, -0.2) is 8.78 Å². The summed E-state index contributed by atoms with van der Waals surface area (Å²) in [4.78, 5) is 13.8. The Kier molecular flexibility index (Phi) is 3.85. The Balaban J connectivity index is 2.32. The van der Waals surface area contributed by atoms with Crippen molar-refractivity contribution in [3.05, 3.63) is 34.9 Å². The molecule has 1 N–H and O–H groups in total. The average molecular weight is 268 g/mol. The molecule has 1 aromatic carbocycles. The Labute approximate surface area is 111 Å². The average Bonchev–Trinajstić information content (AvgIpc) is 2.33. The second kappa shape index (κ2) is 5.25. The number of hydrogen-bond donors (Lipinski definition) is 1. The summed E-state index contributed by atoms with van der Waals surface area (Å²) in [7, 11) is 0. The molecule has 1 saturated heterocycles. The van der Waals surface area contributed by atoms with Gasteiger partial charge in [-0.05, 0) is 32.4 Å². The molecule has 1 aliphatic heterocycles. The van der Waals surface area contributed by atoms with Crippen molar-refractivity contribution < 1.29 is 13.6 Å². The van der Waals surface area contributed by atoms with E-state index in [0.717, 1.165) is 6.07 Å². The Hall–Kier alpha value is -1.49. The first-order valence-electron chi connectivity index (χ1n) is 6.40. The number of hydrogen-bond acceptors (Lipinski definition) is 2. The van der Waals surface area contributed by atoms with E-state index in [-0.39, 0.29) is 17.6 Å². The van der Waals surface area contributed by atoms with E-state index < -0.39 is 23.1 Å². The third-order valence-electron chi connectivity index (χ3n) is 3.34. The number of nitrogens with zero attached hydrogens (tertiary/aromatic N) is 1. The van der Waals surface area contributed by atoms with Crippen LogP contribution in [0.1, 0.15) is 29.8 Å². The molecule has 19 heavy (non-hydrogen) atoms. The van der Waals surface area contributed by atoms with Gasteiger partial charge in [0.25, 0.3) is 5.91 Å². The number of amides is 1. The topological polar surface area (TPSA) is 32.3 Å². The second-order valence-corrected chi connectivity index (χ2v) is 5.23. The van der Waals surface area contributed by atoms with Crippen molar-refractivity contribution in [2.75, 3.05) is 13.1 Å². The highest BCUT2D eigenvalue weighted by Gasteiger charge is 2.29. The molecule has 0 saturated carbocycles. The lowest BCUT2D eigenvalue weighted by atomic mass is 10.1. The van der Waals surface area contributed by atoms with Crippen LogP contribution < -0.4 is 5.32 Å². The minimum absolute atomic E-state index is 0.114. The molecule has 2 unspecified atom stereocenters. The van der Waals surface area contributed by atoms with Crippen LogP contribution in [0.2, 0.25) is 0 Å². The van der Waals surface area contributed by atoms with Gasteiger partial charge in [0, 0.05) is 25.2 Å². The maximum Gasteiger partial charge on any atom is 0.259 e.